The van der Waals surface area contributed by atoms with E-state index in [1.807, 2.05) is 13.0 Å². The van der Waals surface area contributed by atoms with Crippen molar-refractivity contribution in [3.05, 3.63) is 33.8 Å². The van der Waals surface area contributed by atoms with Crippen LogP contribution in [0.5, 0.6) is 0 Å². The monoisotopic (exact) mass is 285 g/mol. The van der Waals surface area contributed by atoms with Crippen molar-refractivity contribution >= 4 is 35.1 Å². The van der Waals surface area contributed by atoms with Crippen LogP contribution in [0.4, 0.5) is 4.79 Å². The molecular formula is C12H13Cl2N3O. The topological polar surface area (TPSA) is 58.7 Å². The van der Waals surface area contributed by atoms with Gasteiger partial charge in [-0.2, -0.15) is 4.99 Å². The summed E-state index contributed by atoms with van der Waals surface area (Å²) in [4.78, 5) is 17.1. The van der Waals surface area contributed by atoms with Crippen molar-refractivity contribution in [1.29, 1.82) is 0 Å². The first kappa shape index (κ1) is 13.2. The summed E-state index contributed by atoms with van der Waals surface area (Å²) in [5.74, 6) is 0.298. The summed E-state index contributed by atoms with van der Waals surface area (Å²) in [6.07, 6.45) is 0.840. The Morgan fingerprint density at radius 2 is 2.11 bits per heavy atom. The first-order valence-corrected chi connectivity index (χ1v) is 6.39. The lowest BCUT2D eigenvalue weighted by Crippen LogP contribution is -2.33. The highest BCUT2D eigenvalue weighted by atomic mass is 35.5. The molecule has 0 saturated carbocycles. The molecule has 2 amide bonds. The van der Waals surface area contributed by atoms with Crippen LogP contribution in [-0.2, 0) is 0 Å². The quantitative estimate of drug-likeness (QED) is 0.927. The molecule has 1 aliphatic rings. The Balaban J connectivity index is 2.37. The zero-order valence-corrected chi connectivity index (χ0v) is 11.4. The molecule has 96 valence electrons. The molecule has 0 aromatic heterocycles. The number of urea groups is 1. The minimum atomic E-state index is -0.341. The summed E-state index contributed by atoms with van der Waals surface area (Å²) in [6.45, 7) is 2.60. The number of rotatable bonds is 3. The Kier molecular flexibility index (Phi) is 3.78. The van der Waals surface area contributed by atoms with Gasteiger partial charge in [0.15, 0.2) is 0 Å². The van der Waals surface area contributed by atoms with Crippen LogP contribution in [0.2, 0.25) is 10.0 Å². The number of nitrogens with zero attached hydrogens (tertiary/aromatic N) is 2. The summed E-state index contributed by atoms with van der Waals surface area (Å²) in [6, 6.07) is 4.58. The van der Waals surface area contributed by atoms with Gasteiger partial charge in [-0.15, -0.1) is 0 Å². The van der Waals surface area contributed by atoms with Crippen LogP contribution in [0.15, 0.2) is 23.2 Å². The number of carbonyl (C=O) groups is 1. The van der Waals surface area contributed by atoms with Gasteiger partial charge in [0, 0.05) is 6.54 Å². The molecule has 2 rings (SSSR count). The molecule has 0 saturated heterocycles. The van der Waals surface area contributed by atoms with Crippen LogP contribution in [0.1, 0.15) is 24.9 Å². The molecule has 6 heteroatoms. The van der Waals surface area contributed by atoms with Gasteiger partial charge in [0.25, 0.3) is 0 Å². The maximum absolute atomic E-state index is 11.7. The van der Waals surface area contributed by atoms with Crippen molar-refractivity contribution in [2.45, 2.75) is 19.4 Å². The standard InChI is InChI=1S/C12H13Cl2N3O/c1-2-5-17-10(11(15)16-12(17)18)7-3-4-8(13)9(14)6-7/h3-4,6,10H,2,5H2,1H3,(H2,15,16,18). The fraction of sp³-hybridized carbons (Fsp3) is 0.333. The number of halogens is 2. The van der Waals surface area contributed by atoms with E-state index >= 15 is 0 Å². The lowest BCUT2D eigenvalue weighted by atomic mass is 10.1. The van der Waals surface area contributed by atoms with Crippen LogP contribution >= 0.6 is 23.2 Å². The molecule has 1 aromatic carbocycles. The first-order chi connectivity index (χ1) is 8.54. The summed E-state index contributed by atoms with van der Waals surface area (Å²) in [7, 11) is 0. The number of hydrogen-bond donors (Lipinski definition) is 1. The third kappa shape index (κ3) is 2.31. The van der Waals surface area contributed by atoms with Crippen LogP contribution in [0, 0.1) is 0 Å². The molecule has 1 aromatic rings. The van der Waals surface area contributed by atoms with Crippen molar-refractivity contribution in [1.82, 2.24) is 4.90 Å². The summed E-state index contributed by atoms with van der Waals surface area (Å²) in [5, 5.41) is 0.917. The Labute approximate surface area is 115 Å². The Morgan fingerprint density at radius 1 is 1.39 bits per heavy atom. The second-order valence-corrected chi connectivity index (χ2v) is 4.90. The number of carbonyl (C=O) groups excluding carboxylic acids is 1. The van der Waals surface area contributed by atoms with Crippen LogP contribution in [-0.4, -0.2) is 23.3 Å². The van der Waals surface area contributed by atoms with Gasteiger partial charge in [-0.25, -0.2) is 4.79 Å². The Bertz CT molecular complexity index is 516. The van der Waals surface area contributed by atoms with Gasteiger partial charge in [0.1, 0.15) is 11.9 Å². The molecule has 18 heavy (non-hydrogen) atoms. The average Bonchev–Trinajstić information content (AvgIpc) is 2.59. The highest BCUT2D eigenvalue weighted by molar-refractivity contribution is 6.42. The zero-order chi connectivity index (χ0) is 13.3. The number of nitrogens with two attached hydrogens (primary N) is 1. The fourth-order valence-electron chi connectivity index (χ4n) is 2.00. The number of benzene rings is 1. The second kappa shape index (κ2) is 5.16. The SMILES string of the molecule is CCCN1C(=O)N=C(N)C1c1ccc(Cl)c(Cl)c1. The van der Waals surface area contributed by atoms with E-state index in [-0.39, 0.29) is 12.1 Å². The normalized spacial score (nSPS) is 19.3. The summed E-state index contributed by atoms with van der Waals surface area (Å²) >= 11 is 11.9. The molecule has 0 radical (unpaired) electrons. The Hall–Kier alpha value is -1.26. The molecule has 0 spiro atoms. The van der Waals surface area contributed by atoms with Gasteiger partial charge in [-0.1, -0.05) is 36.2 Å². The molecule has 0 bridgehead atoms. The lowest BCUT2D eigenvalue weighted by Gasteiger charge is -2.24. The Morgan fingerprint density at radius 3 is 2.72 bits per heavy atom. The van der Waals surface area contributed by atoms with Crippen molar-refractivity contribution < 1.29 is 4.79 Å². The van der Waals surface area contributed by atoms with Crippen molar-refractivity contribution in [3.63, 3.8) is 0 Å². The molecule has 4 nitrogen and oxygen atoms in total. The molecule has 0 fully saturated rings. The van der Waals surface area contributed by atoms with E-state index in [1.54, 1.807) is 17.0 Å². The van der Waals surface area contributed by atoms with Gasteiger partial charge in [0.2, 0.25) is 0 Å². The minimum absolute atomic E-state index is 0.298. The highest BCUT2D eigenvalue weighted by Crippen LogP contribution is 2.31. The molecule has 1 atom stereocenters. The third-order valence-corrected chi connectivity index (χ3v) is 3.53. The van der Waals surface area contributed by atoms with Crippen LogP contribution in [0.25, 0.3) is 0 Å². The number of aliphatic imine (C=N–C) groups is 1. The fourth-order valence-corrected chi connectivity index (χ4v) is 2.31. The smallest absolute Gasteiger partial charge is 0.346 e. The molecule has 2 N–H and O–H groups in total. The van der Waals surface area contributed by atoms with Crippen molar-refractivity contribution in [2.75, 3.05) is 6.54 Å². The highest BCUT2D eigenvalue weighted by Gasteiger charge is 2.33. The number of amidine groups is 1. The van der Waals surface area contributed by atoms with E-state index in [9.17, 15) is 4.79 Å². The summed E-state index contributed by atoms with van der Waals surface area (Å²) in [5.41, 5.74) is 6.65. The minimum Gasteiger partial charge on any atom is -0.385 e. The second-order valence-electron chi connectivity index (χ2n) is 4.09. The van der Waals surface area contributed by atoms with Crippen molar-refractivity contribution in [3.8, 4) is 0 Å². The van der Waals surface area contributed by atoms with E-state index < -0.39 is 0 Å². The van der Waals surface area contributed by atoms with E-state index in [1.165, 1.54) is 0 Å². The van der Waals surface area contributed by atoms with Crippen LogP contribution in [0.3, 0.4) is 0 Å². The predicted molar refractivity (Wildman–Crippen MR) is 73.2 cm³/mol. The first-order valence-electron chi connectivity index (χ1n) is 5.64. The molecule has 1 aliphatic heterocycles. The number of hydrogen-bond acceptors (Lipinski definition) is 2. The van der Waals surface area contributed by atoms with Gasteiger partial charge in [-0.3, -0.25) is 0 Å². The van der Waals surface area contributed by atoms with E-state index in [2.05, 4.69) is 4.99 Å². The van der Waals surface area contributed by atoms with E-state index in [0.717, 1.165) is 12.0 Å². The maximum Gasteiger partial charge on any atom is 0.346 e. The van der Waals surface area contributed by atoms with Gasteiger partial charge in [0.05, 0.1) is 10.0 Å². The third-order valence-electron chi connectivity index (χ3n) is 2.79. The molecule has 0 aliphatic carbocycles. The molecule has 1 unspecified atom stereocenters. The summed E-state index contributed by atoms with van der Waals surface area (Å²) < 4.78 is 0. The largest absolute Gasteiger partial charge is 0.385 e. The zero-order valence-electron chi connectivity index (χ0n) is 9.86. The van der Waals surface area contributed by atoms with E-state index in [0.29, 0.717) is 22.4 Å². The van der Waals surface area contributed by atoms with Gasteiger partial charge in [-0.05, 0) is 24.1 Å². The predicted octanol–water partition coefficient (Wildman–Crippen LogP) is 3.24. The molecule has 1 heterocycles. The molecular weight excluding hydrogens is 273 g/mol. The van der Waals surface area contributed by atoms with Gasteiger partial charge < -0.3 is 10.6 Å². The van der Waals surface area contributed by atoms with Gasteiger partial charge >= 0.3 is 6.03 Å². The lowest BCUT2D eigenvalue weighted by molar-refractivity contribution is 0.206. The number of amides is 2. The van der Waals surface area contributed by atoms with E-state index in [4.69, 9.17) is 28.9 Å². The maximum atomic E-state index is 11.7. The van der Waals surface area contributed by atoms with Crippen molar-refractivity contribution in [2.24, 2.45) is 10.7 Å². The van der Waals surface area contributed by atoms with Crippen LogP contribution < -0.4 is 5.73 Å². The average molecular weight is 286 g/mol.